The number of likely N-dealkylation sites (tertiary alicyclic amines) is 1. The Bertz CT molecular complexity index is 889. The molecule has 1 fully saturated rings. The lowest BCUT2D eigenvalue weighted by molar-refractivity contribution is -0.135. The molecule has 0 saturated carbocycles. The molecule has 6 heteroatoms. The van der Waals surface area contributed by atoms with E-state index < -0.39 is 0 Å². The van der Waals surface area contributed by atoms with Crippen LogP contribution in [0.1, 0.15) is 48.2 Å². The average Bonchev–Trinajstić information content (AvgIpc) is 2.70. The van der Waals surface area contributed by atoms with Gasteiger partial charge in [0.15, 0.2) is 0 Å². The maximum atomic E-state index is 12.9. The molecule has 0 atom stereocenters. The highest BCUT2D eigenvalue weighted by Gasteiger charge is 2.26. The summed E-state index contributed by atoms with van der Waals surface area (Å²) in [6, 6.07) is 9.99. The highest BCUT2D eigenvalue weighted by molar-refractivity contribution is 7.99. The van der Waals surface area contributed by atoms with Gasteiger partial charge >= 0.3 is 0 Å². The molecule has 0 aliphatic carbocycles. The summed E-state index contributed by atoms with van der Waals surface area (Å²) in [5.74, 6) is 0.106. The van der Waals surface area contributed by atoms with Crippen LogP contribution in [0.5, 0.6) is 0 Å². The number of pyridine rings is 1. The maximum Gasteiger partial charge on any atom is 0.254 e. The van der Waals surface area contributed by atoms with Crippen LogP contribution in [-0.4, -0.2) is 40.8 Å². The molecular weight excluding hydrogens is 382 g/mol. The van der Waals surface area contributed by atoms with Crippen LogP contribution >= 0.6 is 11.8 Å². The van der Waals surface area contributed by atoms with Crippen molar-refractivity contribution in [1.29, 1.82) is 0 Å². The number of amides is 2. The molecule has 154 valence electrons. The minimum atomic E-state index is -0.0981. The number of piperidine rings is 1. The van der Waals surface area contributed by atoms with Crippen LogP contribution < -0.4 is 5.32 Å². The Kier molecular flexibility index (Phi) is 6.96. The summed E-state index contributed by atoms with van der Waals surface area (Å²) in [5, 5.41) is 3.86. The fraction of sp³-hybridized carbons (Fsp3) is 0.435. The van der Waals surface area contributed by atoms with Crippen molar-refractivity contribution in [2.75, 3.05) is 13.1 Å². The second kappa shape index (κ2) is 9.44. The molecule has 5 nitrogen and oxygen atoms in total. The number of carbonyl (C=O) groups is 2. The van der Waals surface area contributed by atoms with Crippen LogP contribution in [0.3, 0.4) is 0 Å². The van der Waals surface area contributed by atoms with Gasteiger partial charge in [-0.05, 0) is 50.5 Å². The Morgan fingerprint density at radius 2 is 1.90 bits per heavy atom. The Labute approximate surface area is 177 Å². The molecule has 0 unspecified atom stereocenters. The fourth-order valence-electron chi connectivity index (χ4n) is 3.54. The van der Waals surface area contributed by atoms with Crippen LogP contribution in [-0.2, 0) is 4.79 Å². The van der Waals surface area contributed by atoms with Gasteiger partial charge in [0.05, 0.1) is 5.56 Å². The van der Waals surface area contributed by atoms with Gasteiger partial charge < -0.3 is 10.2 Å². The summed E-state index contributed by atoms with van der Waals surface area (Å²) in [4.78, 5) is 32.5. The summed E-state index contributed by atoms with van der Waals surface area (Å²) < 4.78 is 0. The van der Waals surface area contributed by atoms with E-state index in [0.717, 1.165) is 17.7 Å². The first-order chi connectivity index (χ1) is 13.8. The number of hydrogen-bond donors (Lipinski definition) is 1. The molecule has 0 spiro atoms. The fourth-order valence-corrected chi connectivity index (χ4v) is 4.48. The molecule has 1 saturated heterocycles. The van der Waals surface area contributed by atoms with E-state index in [0.29, 0.717) is 23.7 Å². The predicted octanol–water partition coefficient (Wildman–Crippen LogP) is 4.23. The monoisotopic (exact) mass is 411 g/mol. The first-order valence-electron chi connectivity index (χ1n) is 10.1. The molecule has 2 amide bonds. The van der Waals surface area contributed by atoms with Gasteiger partial charge in [0.2, 0.25) is 5.91 Å². The van der Waals surface area contributed by atoms with Gasteiger partial charge in [0.25, 0.3) is 5.91 Å². The van der Waals surface area contributed by atoms with Crippen LogP contribution in [0.25, 0.3) is 0 Å². The zero-order valence-corrected chi connectivity index (χ0v) is 18.4. The van der Waals surface area contributed by atoms with Crippen LogP contribution in [0.2, 0.25) is 0 Å². The molecule has 1 aliphatic rings. The van der Waals surface area contributed by atoms with Crippen molar-refractivity contribution in [2.24, 2.45) is 5.92 Å². The zero-order chi connectivity index (χ0) is 21.0. The van der Waals surface area contributed by atoms with Gasteiger partial charge in [-0.15, -0.1) is 0 Å². The standard InChI is InChI=1S/C23H29N3O2S/c1-15(2)23(28)26-12-9-18(10-13-26)25-21(27)19-6-5-11-24-22(19)29-20-8-7-16(3)14-17(20)4/h5-8,11,14-15,18H,9-10,12-13H2,1-4H3,(H,25,27). The van der Waals surface area contributed by atoms with E-state index in [1.54, 1.807) is 12.3 Å². The number of aromatic nitrogens is 1. The van der Waals surface area contributed by atoms with E-state index in [2.05, 4.69) is 42.3 Å². The average molecular weight is 412 g/mol. The molecular formula is C23H29N3O2S. The number of nitrogens with one attached hydrogen (secondary N) is 1. The predicted molar refractivity (Wildman–Crippen MR) is 116 cm³/mol. The molecule has 2 aromatic rings. The number of nitrogens with zero attached hydrogens (tertiary/aromatic N) is 2. The van der Waals surface area contributed by atoms with E-state index >= 15 is 0 Å². The summed E-state index contributed by atoms with van der Waals surface area (Å²) in [5.41, 5.74) is 2.99. The summed E-state index contributed by atoms with van der Waals surface area (Å²) in [6.45, 7) is 9.38. The first-order valence-corrected chi connectivity index (χ1v) is 11.0. The largest absolute Gasteiger partial charge is 0.349 e. The van der Waals surface area contributed by atoms with Gasteiger partial charge in [0.1, 0.15) is 5.03 Å². The number of hydrogen-bond acceptors (Lipinski definition) is 4. The molecule has 1 aromatic heterocycles. The van der Waals surface area contributed by atoms with E-state index in [-0.39, 0.29) is 23.8 Å². The topological polar surface area (TPSA) is 62.3 Å². The zero-order valence-electron chi connectivity index (χ0n) is 17.6. The van der Waals surface area contributed by atoms with Crippen molar-refractivity contribution in [3.05, 3.63) is 53.2 Å². The van der Waals surface area contributed by atoms with Crippen molar-refractivity contribution in [2.45, 2.75) is 56.5 Å². The molecule has 29 heavy (non-hydrogen) atoms. The summed E-state index contributed by atoms with van der Waals surface area (Å²) >= 11 is 1.52. The van der Waals surface area contributed by atoms with Gasteiger partial charge in [0, 0.05) is 36.1 Å². The van der Waals surface area contributed by atoms with Crippen molar-refractivity contribution in [3.63, 3.8) is 0 Å². The summed E-state index contributed by atoms with van der Waals surface area (Å²) in [6.07, 6.45) is 3.28. The van der Waals surface area contributed by atoms with E-state index in [1.165, 1.54) is 22.9 Å². The molecule has 1 N–H and O–H groups in total. The Balaban J connectivity index is 1.65. The first kappa shape index (κ1) is 21.4. The van der Waals surface area contributed by atoms with Crippen molar-refractivity contribution < 1.29 is 9.59 Å². The van der Waals surface area contributed by atoms with Gasteiger partial charge in [-0.1, -0.05) is 43.3 Å². The second-order valence-electron chi connectivity index (χ2n) is 7.95. The number of aryl methyl sites for hydroxylation is 2. The molecule has 2 heterocycles. The van der Waals surface area contributed by atoms with Crippen LogP contribution in [0, 0.1) is 19.8 Å². The quantitative estimate of drug-likeness (QED) is 0.800. The lowest BCUT2D eigenvalue weighted by Gasteiger charge is -2.33. The third-order valence-corrected chi connectivity index (χ3v) is 6.39. The maximum absolute atomic E-state index is 12.9. The number of benzene rings is 1. The molecule has 1 aromatic carbocycles. The van der Waals surface area contributed by atoms with E-state index in [1.807, 2.05) is 24.8 Å². The third kappa shape index (κ3) is 5.38. The molecule has 1 aliphatic heterocycles. The molecule has 0 bridgehead atoms. The molecule has 3 rings (SSSR count). The SMILES string of the molecule is Cc1ccc(Sc2ncccc2C(=O)NC2CCN(C(=O)C(C)C)CC2)c(C)c1. The Morgan fingerprint density at radius 3 is 2.55 bits per heavy atom. The van der Waals surface area contributed by atoms with Crippen molar-refractivity contribution in [1.82, 2.24) is 15.2 Å². The lowest BCUT2D eigenvalue weighted by Crippen LogP contribution is -2.47. The van der Waals surface area contributed by atoms with Crippen molar-refractivity contribution >= 4 is 23.6 Å². The van der Waals surface area contributed by atoms with Gasteiger partial charge in [-0.2, -0.15) is 0 Å². The second-order valence-corrected chi connectivity index (χ2v) is 8.99. The number of rotatable bonds is 5. The Hall–Kier alpha value is -2.34. The normalized spacial score (nSPS) is 14.9. The summed E-state index contributed by atoms with van der Waals surface area (Å²) in [7, 11) is 0. The minimum absolute atomic E-state index is 0.0151. The van der Waals surface area contributed by atoms with Crippen LogP contribution in [0.4, 0.5) is 0 Å². The van der Waals surface area contributed by atoms with Crippen LogP contribution in [0.15, 0.2) is 46.5 Å². The third-order valence-electron chi connectivity index (χ3n) is 5.19. The lowest BCUT2D eigenvalue weighted by atomic mass is 10.0. The van der Waals surface area contributed by atoms with E-state index in [9.17, 15) is 9.59 Å². The minimum Gasteiger partial charge on any atom is -0.349 e. The smallest absolute Gasteiger partial charge is 0.254 e. The molecule has 0 radical (unpaired) electrons. The Morgan fingerprint density at radius 1 is 1.17 bits per heavy atom. The highest BCUT2D eigenvalue weighted by Crippen LogP contribution is 2.31. The van der Waals surface area contributed by atoms with Gasteiger partial charge in [-0.3, -0.25) is 9.59 Å². The van der Waals surface area contributed by atoms with E-state index in [4.69, 9.17) is 0 Å². The highest BCUT2D eigenvalue weighted by atomic mass is 32.2. The van der Waals surface area contributed by atoms with Crippen molar-refractivity contribution in [3.8, 4) is 0 Å². The number of carbonyl (C=O) groups excluding carboxylic acids is 2. The van der Waals surface area contributed by atoms with Gasteiger partial charge in [-0.25, -0.2) is 4.98 Å².